The van der Waals surface area contributed by atoms with E-state index < -0.39 is 43.7 Å². The van der Waals surface area contributed by atoms with E-state index in [2.05, 4.69) is 38.4 Å². The highest BCUT2D eigenvalue weighted by Gasteiger charge is 2.33. The number of benzene rings is 2. The van der Waals surface area contributed by atoms with E-state index in [9.17, 15) is 13.2 Å². The second-order valence-electron chi connectivity index (χ2n) is 8.98. The zero-order valence-corrected chi connectivity index (χ0v) is 23.8. The molecular formula is C26H27F2IN4O4S. The number of nitrogens with one attached hydrogen (secondary N) is 2. The van der Waals surface area contributed by atoms with Crippen molar-refractivity contribution in [3.63, 3.8) is 0 Å². The number of halogens is 3. The van der Waals surface area contributed by atoms with Crippen molar-refractivity contribution in [1.82, 2.24) is 14.8 Å². The normalized spacial score (nSPS) is 13.5. The molecule has 0 unspecified atom stereocenters. The van der Waals surface area contributed by atoms with Gasteiger partial charge in [0.15, 0.2) is 11.6 Å². The molecule has 1 saturated carbocycles. The number of hydroxylamine groups is 1. The van der Waals surface area contributed by atoms with Crippen LogP contribution in [0.3, 0.4) is 0 Å². The van der Waals surface area contributed by atoms with Gasteiger partial charge in [-0.3, -0.25) is 14.6 Å². The number of sulfonamides is 1. The van der Waals surface area contributed by atoms with Gasteiger partial charge in [-0.25, -0.2) is 22.7 Å². The molecule has 0 saturated heterocycles. The highest BCUT2D eigenvalue weighted by molar-refractivity contribution is 14.1. The molecule has 1 heterocycles. The van der Waals surface area contributed by atoms with Crippen molar-refractivity contribution in [2.75, 3.05) is 18.5 Å². The number of pyridine rings is 1. The first-order chi connectivity index (χ1) is 18.1. The number of carbonyl (C=O) groups excluding carboxylic acids is 1. The Bertz CT molecular complexity index is 1440. The van der Waals surface area contributed by atoms with Gasteiger partial charge in [0.2, 0.25) is 10.0 Å². The number of rotatable bonds is 11. The number of hydrogen-bond acceptors (Lipinski definition) is 6. The molecule has 1 aliphatic carbocycles. The summed E-state index contributed by atoms with van der Waals surface area (Å²) < 4.78 is 60.0. The summed E-state index contributed by atoms with van der Waals surface area (Å²) in [7, 11) is -4.54. The average Bonchev–Trinajstić information content (AvgIpc) is 3.71. The van der Waals surface area contributed by atoms with E-state index in [0.29, 0.717) is 17.2 Å². The predicted octanol–water partition coefficient (Wildman–Crippen LogP) is 5.30. The zero-order valence-electron chi connectivity index (χ0n) is 20.8. The van der Waals surface area contributed by atoms with Crippen molar-refractivity contribution >= 4 is 49.9 Å². The smallest absolute Gasteiger partial charge is 0.277 e. The third-order valence-corrected chi connectivity index (χ3v) is 8.72. The third kappa shape index (κ3) is 6.47. The molecule has 38 heavy (non-hydrogen) atoms. The van der Waals surface area contributed by atoms with E-state index in [0.717, 1.165) is 32.3 Å². The number of amides is 1. The van der Waals surface area contributed by atoms with E-state index in [1.54, 1.807) is 38.1 Å². The fourth-order valence-corrected chi connectivity index (χ4v) is 5.92. The number of hydrogen-bond donors (Lipinski definition) is 2. The molecule has 1 fully saturated rings. The minimum atomic E-state index is -4.54. The summed E-state index contributed by atoms with van der Waals surface area (Å²) in [5, 5.41) is 2.78. The van der Waals surface area contributed by atoms with Crippen molar-refractivity contribution in [2.24, 2.45) is 5.92 Å². The largest absolute Gasteiger partial charge is 0.352 e. The molecule has 0 radical (unpaired) electrons. The summed E-state index contributed by atoms with van der Waals surface area (Å²) in [6, 6.07) is 9.36. The molecule has 0 aliphatic heterocycles. The molecule has 1 amide bonds. The number of aryl methyl sites for hydroxylation is 1. The van der Waals surface area contributed by atoms with Crippen LogP contribution in [-0.2, 0) is 21.4 Å². The summed E-state index contributed by atoms with van der Waals surface area (Å²) >= 11 is 2.12. The van der Waals surface area contributed by atoms with E-state index >= 15 is 8.78 Å². The minimum Gasteiger partial charge on any atom is -0.352 e. The van der Waals surface area contributed by atoms with Gasteiger partial charge in [-0.15, -0.1) is 0 Å². The Morgan fingerprint density at radius 1 is 1.16 bits per heavy atom. The zero-order chi connectivity index (χ0) is 27.4. The van der Waals surface area contributed by atoms with Crippen LogP contribution in [0, 0.1) is 28.0 Å². The lowest BCUT2D eigenvalue weighted by Gasteiger charge is -2.23. The van der Waals surface area contributed by atoms with Gasteiger partial charge < -0.3 is 5.32 Å². The van der Waals surface area contributed by atoms with Gasteiger partial charge in [-0.2, -0.15) is 4.31 Å². The van der Waals surface area contributed by atoms with Crippen LogP contribution in [0.2, 0.25) is 0 Å². The van der Waals surface area contributed by atoms with Gasteiger partial charge >= 0.3 is 0 Å². The number of aromatic nitrogens is 1. The van der Waals surface area contributed by atoms with Crippen molar-refractivity contribution in [1.29, 1.82) is 0 Å². The molecule has 2 N–H and O–H groups in total. The third-order valence-electron chi connectivity index (χ3n) is 6.13. The van der Waals surface area contributed by atoms with Crippen LogP contribution in [0.25, 0.3) is 0 Å². The predicted molar refractivity (Wildman–Crippen MR) is 147 cm³/mol. The Balaban J connectivity index is 1.76. The lowest BCUT2D eigenvalue weighted by molar-refractivity contribution is 0.0270. The molecular weight excluding hydrogens is 629 g/mol. The van der Waals surface area contributed by atoms with Gasteiger partial charge in [0.25, 0.3) is 5.91 Å². The van der Waals surface area contributed by atoms with Crippen LogP contribution in [0.4, 0.5) is 20.2 Å². The van der Waals surface area contributed by atoms with Gasteiger partial charge in [0.05, 0.1) is 17.9 Å². The van der Waals surface area contributed by atoms with Gasteiger partial charge in [-0.1, -0.05) is 6.92 Å². The molecule has 202 valence electrons. The van der Waals surface area contributed by atoms with Gasteiger partial charge in [-0.05, 0) is 95.8 Å². The molecule has 4 rings (SSSR count). The number of carbonyl (C=O) groups is 1. The topological polar surface area (TPSA) is 101 Å². The van der Waals surface area contributed by atoms with E-state index in [4.69, 9.17) is 4.84 Å². The van der Waals surface area contributed by atoms with Crippen LogP contribution in [-0.4, -0.2) is 36.8 Å². The van der Waals surface area contributed by atoms with Crippen molar-refractivity contribution < 1.29 is 26.8 Å². The fraction of sp³-hybridized carbons (Fsp3) is 0.308. The van der Waals surface area contributed by atoms with Crippen LogP contribution in [0.1, 0.15) is 41.3 Å². The monoisotopic (exact) mass is 656 g/mol. The van der Waals surface area contributed by atoms with Crippen LogP contribution in [0.5, 0.6) is 0 Å². The Morgan fingerprint density at radius 2 is 1.87 bits per heavy atom. The van der Waals surface area contributed by atoms with E-state index in [1.807, 2.05) is 6.07 Å². The van der Waals surface area contributed by atoms with E-state index in [1.165, 1.54) is 12.4 Å². The Labute approximate surface area is 233 Å². The molecule has 0 spiro atoms. The number of nitrogens with zero attached hydrogens (tertiary/aromatic N) is 2. The van der Waals surface area contributed by atoms with Gasteiger partial charge in [0.1, 0.15) is 4.90 Å². The second-order valence-corrected chi connectivity index (χ2v) is 12.1. The molecule has 8 nitrogen and oxygen atoms in total. The molecule has 1 aliphatic rings. The first-order valence-corrected chi connectivity index (χ1v) is 14.5. The maximum absolute atomic E-state index is 15.6. The minimum absolute atomic E-state index is 0.0143. The van der Waals surface area contributed by atoms with Gasteiger partial charge in [0, 0.05) is 34.7 Å². The second kappa shape index (κ2) is 12.0. The lowest BCUT2D eigenvalue weighted by Crippen LogP contribution is -2.32. The van der Waals surface area contributed by atoms with Crippen LogP contribution >= 0.6 is 22.6 Å². The summed E-state index contributed by atoms with van der Waals surface area (Å²) in [6.45, 7) is 3.53. The highest BCUT2D eigenvalue weighted by atomic mass is 127. The summed E-state index contributed by atoms with van der Waals surface area (Å²) in [5.74, 6) is -3.64. The molecule has 12 heteroatoms. The van der Waals surface area contributed by atoms with Crippen LogP contribution < -0.4 is 10.8 Å². The molecule has 3 aromatic rings. The molecule has 2 aromatic carbocycles. The van der Waals surface area contributed by atoms with E-state index in [-0.39, 0.29) is 19.7 Å². The first kappa shape index (κ1) is 28.3. The van der Waals surface area contributed by atoms with Crippen LogP contribution in [0.15, 0.2) is 53.7 Å². The van der Waals surface area contributed by atoms with Crippen molar-refractivity contribution in [3.8, 4) is 0 Å². The lowest BCUT2D eigenvalue weighted by atomic mass is 10.1. The number of anilines is 2. The SMILES string of the molecule is CCN(Cc1ccncc1)S(=O)(=O)c1cc(C(=O)NOCC2CC2)c(Nc2ccc(I)cc2C)c(F)c1F. The standard InChI is InChI=1S/C26H27F2IN4O4S/c1-3-33(14-17-8-10-30-11-9-17)38(35,36)22-13-20(26(34)32-37-15-18-4-5-18)25(24(28)23(22)27)31-21-7-6-19(29)12-16(21)2/h6-13,18,31H,3-5,14-15H2,1-2H3,(H,32,34). The summed E-state index contributed by atoms with van der Waals surface area (Å²) in [5.41, 5.74) is 3.12. The Kier molecular flexibility index (Phi) is 8.96. The molecule has 1 aromatic heterocycles. The highest BCUT2D eigenvalue weighted by Crippen LogP contribution is 2.34. The maximum Gasteiger partial charge on any atom is 0.277 e. The summed E-state index contributed by atoms with van der Waals surface area (Å²) in [4.78, 5) is 21.3. The fourth-order valence-electron chi connectivity index (χ4n) is 3.76. The maximum atomic E-state index is 15.6. The first-order valence-electron chi connectivity index (χ1n) is 12.0. The van der Waals surface area contributed by atoms with Crippen molar-refractivity contribution in [2.45, 2.75) is 38.1 Å². The quantitative estimate of drug-likeness (QED) is 0.215. The Morgan fingerprint density at radius 3 is 2.50 bits per heavy atom. The molecule has 0 bridgehead atoms. The summed E-state index contributed by atoms with van der Waals surface area (Å²) in [6.07, 6.45) is 4.97. The van der Waals surface area contributed by atoms with Crippen molar-refractivity contribution in [3.05, 3.63) is 80.7 Å². The average molecular weight is 656 g/mol. The molecule has 0 atom stereocenters. The Hall–Kier alpha value is -2.68.